The molecule has 0 aliphatic heterocycles. The third-order valence-electron chi connectivity index (χ3n) is 3.15. The Morgan fingerprint density at radius 2 is 2.23 bits per heavy atom. The molecular weight excluding hydrogens is 346 g/mol. The molecule has 0 bridgehead atoms. The molecule has 0 saturated heterocycles. The monoisotopic (exact) mass is 355 g/mol. The maximum atomic E-state index is 12.7. The smallest absolute Gasteiger partial charge is 0.263 e. The van der Waals surface area contributed by atoms with Gasteiger partial charge in [-0.2, -0.15) is 5.26 Å². The van der Waals surface area contributed by atoms with E-state index in [1.807, 2.05) is 12.3 Å². The van der Waals surface area contributed by atoms with Gasteiger partial charge >= 0.3 is 0 Å². The first-order valence-corrected chi connectivity index (χ1v) is 7.22. The second-order valence-electron chi connectivity index (χ2n) is 4.59. The number of pyridine rings is 1. The molecule has 6 nitrogen and oxygen atoms in total. The Balaban J connectivity index is 2.22. The van der Waals surface area contributed by atoms with Gasteiger partial charge in [0.15, 0.2) is 6.19 Å². The molecule has 22 heavy (non-hydrogen) atoms. The number of aromatic nitrogens is 3. The average molecular weight is 356 g/mol. The van der Waals surface area contributed by atoms with Crippen LogP contribution in [-0.2, 0) is 6.54 Å². The summed E-state index contributed by atoms with van der Waals surface area (Å²) >= 11 is 3.35. The van der Waals surface area contributed by atoms with E-state index in [0.717, 1.165) is 10.0 Å². The Morgan fingerprint density at radius 3 is 2.95 bits per heavy atom. The lowest BCUT2D eigenvalue weighted by molar-refractivity contribution is 0.758. The van der Waals surface area contributed by atoms with Crippen molar-refractivity contribution in [2.45, 2.75) is 6.54 Å². The van der Waals surface area contributed by atoms with Crippen molar-refractivity contribution in [3.05, 3.63) is 63.1 Å². The van der Waals surface area contributed by atoms with Crippen LogP contribution in [0.4, 0.5) is 5.95 Å². The van der Waals surface area contributed by atoms with Gasteiger partial charge < -0.3 is 0 Å². The van der Waals surface area contributed by atoms with Crippen LogP contribution in [0.2, 0.25) is 0 Å². The van der Waals surface area contributed by atoms with E-state index in [-0.39, 0.29) is 18.1 Å². The zero-order chi connectivity index (χ0) is 15.5. The summed E-state index contributed by atoms with van der Waals surface area (Å²) in [6.07, 6.45) is 5.15. The fourth-order valence-electron chi connectivity index (χ4n) is 2.16. The summed E-state index contributed by atoms with van der Waals surface area (Å²) in [6.45, 7) is 0.284. The predicted molar refractivity (Wildman–Crippen MR) is 86.3 cm³/mol. The van der Waals surface area contributed by atoms with Gasteiger partial charge in [-0.15, -0.1) is 0 Å². The zero-order valence-electron chi connectivity index (χ0n) is 11.3. The van der Waals surface area contributed by atoms with Crippen molar-refractivity contribution in [2.75, 3.05) is 5.32 Å². The van der Waals surface area contributed by atoms with Crippen LogP contribution in [0.3, 0.4) is 0 Å². The minimum absolute atomic E-state index is 0.214. The number of anilines is 1. The molecule has 3 aromatic rings. The van der Waals surface area contributed by atoms with Crippen LogP contribution >= 0.6 is 15.9 Å². The van der Waals surface area contributed by atoms with E-state index in [9.17, 15) is 4.79 Å². The summed E-state index contributed by atoms with van der Waals surface area (Å²) in [5.74, 6) is 0.214. The van der Waals surface area contributed by atoms with Gasteiger partial charge in [-0.25, -0.2) is 4.98 Å². The van der Waals surface area contributed by atoms with E-state index in [1.165, 1.54) is 4.57 Å². The van der Waals surface area contributed by atoms with Crippen molar-refractivity contribution in [3.8, 4) is 6.19 Å². The molecule has 1 aromatic carbocycles. The maximum Gasteiger partial charge on any atom is 0.263 e. The highest BCUT2D eigenvalue weighted by molar-refractivity contribution is 9.10. The van der Waals surface area contributed by atoms with E-state index in [2.05, 4.69) is 31.2 Å². The lowest BCUT2D eigenvalue weighted by Crippen LogP contribution is -2.24. The van der Waals surface area contributed by atoms with E-state index < -0.39 is 0 Å². The van der Waals surface area contributed by atoms with Crippen LogP contribution in [0, 0.1) is 11.5 Å². The summed E-state index contributed by atoms with van der Waals surface area (Å²) < 4.78 is 2.22. The number of fused-ring (bicyclic) bond motifs is 1. The largest absolute Gasteiger partial charge is 0.273 e. The molecular formula is C15H10BrN5O. The van der Waals surface area contributed by atoms with Crippen LogP contribution < -0.4 is 10.9 Å². The molecule has 7 heteroatoms. The Kier molecular flexibility index (Phi) is 3.85. The topological polar surface area (TPSA) is 83.6 Å². The normalized spacial score (nSPS) is 10.4. The molecule has 108 valence electrons. The third-order valence-corrected chi connectivity index (χ3v) is 3.64. The van der Waals surface area contributed by atoms with Gasteiger partial charge in [0, 0.05) is 16.9 Å². The van der Waals surface area contributed by atoms with Gasteiger partial charge in [-0.05, 0) is 29.8 Å². The van der Waals surface area contributed by atoms with E-state index >= 15 is 0 Å². The Hall–Kier alpha value is -2.72. The number of nitriles is 1. The second-order valence-corrected chi connectivity index (χ2v) is 5.50. The first-order valence-electron chi connectivity index (χ1n) is 6.43. The van der Waals surface area contributed by atoms with Gasteiger partial charge in [0.05, 0.1) is 17.4 Å². The standard InChI is InChI=1S/C15H10BrN5O/c16-11-3-4-13-12(6-11)14(22)21(15(20-13)19-9-17)8-10-2-1-5-18-7-10/h1-7H,8H2,(H,19,20). The number of rotatable bonds is 3. The van der Waals surface area contributed by atoms with E-state index in [1.54, 1.807) is 36.7 Å². The SMILES string of the molecule is N#CNc1nc2ccc(Br)cc2c(=O)n1Cc1cccnc1. The average Bonchev–Trinajstić information content (AvgIpc) is 2.53. The van der Waals surface area contributed by atoms with Crippen molar-refractivity contribution >= 4 is 32.8 Å². The number of nitrogens with zero attached hydrogens (tertiary/aromatic N) is 4. The molecule has 3 rings (SSSR count). The summed E-state index contributed by atoms with van der Waals surface area (Å²) in [7, 11) is 0. The van der Waals surface area contributed by atoms with Crippen molar-refractivity contribution < 1.29 is 0 Å². The number of nitrogens with one attached hydrogen (secondary N) is 1. The van der Waals surface area contributed by atoms with Gasteiger partial charge in [0.25, 0.3) is 5.56 Å². The molecule has 0 saturated carbocycles. The fourth-order valence-corrected chi connectivity index (χ4v) is 2.52. The second kappa shape index (κ2) is 5.95. The molecule has 0 spiro atoms. The lowest BCUT2D eigenvalue weighted by atomic mass is 10.2. The van der Waals surface area contributed by atoms with E-state index in [0.29, 0.717) is 10.9 Å². The quantitative estimate of drug-likeness (QED) is 0.576. The summed E-state index contributed by atoms with van der Waals surface area (Å²) in [4.78, 5) is 21.1. The zero-order valence-corrected chi connectivity index (χ0v) is 12.9. The van der Waals surface area contributed by atoms with E-state index in [4.69, 9.17) is 5.26 Å². The Bertz CT molecular complexity index is 930. The highest BCUT2D eigenvalue weighted by Gasteiger charge is 2.11. The maximum absolute atomic E-state index is 12.7. The molecule has 0 aliphatic rings. The molecule has 0 amide bonds. The minimum Gasteiger partial charge on any atom is -0.273 e. The number of hydrogen-bond donors (Lipinski definition) is 1. The predicted octanol–water partition coefficient (Wildman–Crippen LogP) is 2.50. The lowest BCUT2D eigenvalue weighted by Gasteiger charge is -2.12. The first kappa shape index (κ1) is 14.2. The summed E-state index contributed by atoms with van der Waals surface area (Å²) in [5, 5.41) is 11.8. The summed E-state index contributed by atoms with van der Waals surface area (Å²) in [6, 6.07) is 8.91. The van der Waals surface area contributed by atoms with Crippen LogP contribution in [0.25, 0.3) is 10.9 Å². The fraction of sp³-hybridized carbons (Fsp3) is 0.0667. The first-order chi connectivity index (χ1) is 10.7. The minimum atomic E-state index is -0.215. The number of halogens is 1. The number of benzene rings is 1. The molecule has 0 aliphatic carbocycles. The van der Waals surface area contributed by atoms with Gasteiger partial charge in [0.2, 0.25) is 5.95 Å². The van der Waals surface area contributed by atoms with Crippen LogP contribution in [0.15, 0.2) is 52.0 Å². The van der Waals surface area contributed by atoms with Gasteiger partial charge in [-0.1, -0.05) is 22.0 Å². The Morgan fingerprint density at radius 1 is 1.36 bits per heavy atom. The van der Waals surface area contributed by atoms with Gasteiger partial charge in [-0.3, -0.25) is 19.7 Å². The highest BCUT2D eigenvalue weighted by Crippen LogP contribution is 2.17. The molecule has 1 N–H and O–H groups in total. The van der Waals surface area contributed by atoms with Crippen LogP contribution in [0.1, 0.15) is 5.56 Å². The van der Waals surface area contributed by atoms with Crippen LogP contribution in [0.5, 0.6) is 0 Å². The number of hydrogen-bond acceptors (Lipinski definition) is 5. The third kappa shape index (κ3) is 2.69. The molecule has 0 fully saturated rings. The van der Waals surface area contributed by atoms with Crippen molar-refractivity contribution in [1.82, 2.24) is 14.5 Å². The van der Waals surface area contributed by atoms with Crippen molar-refractivity contribution in [1.29, 1.82) is 5.26 Å². The Labute approximate surface area is 134 Å². The summed E-state index contributed by atoms with van der Waals surface area (Å²) in [5.41, 5.74) is 1.17. The van der Waals surface area contributed by atoms with Crippen LogP contribution in [-0.4, -0.2) is 14.5 Å². The molecule has 0 radical (unpaired) electrons. The van der Waals surface area contributed by atoms with Crippen molar-refractivity contribution in [2.24, 2.45) is 0 Å². The highest BCUT2D eigenvalue weighted by atomic mass is 79.9. The molecule has 2 heterocycles. The van der Waals surface area contributed by atoms with Gasteiger partial charge in [0.1, 0.15) is 0 Å². The molecule has 0 atom stereocenters. The molecule has 2 aromatic heterocycles. The molecule has 0 unspecified atom stereocenters. The van der Waals surface area contributed by atoms with Crippen molar-refractivity contribution in [3.63, 3.8) is 0 Å².